The fourth-order valence-electron chi connectivity index (χ4n) is 3.65. The summed E-state index contributed by atoms with van der Waals surface area (Å²) in [5, 5.41) is 12.7. The lowest BCUT2D eigenvalue weighted by Gasteiger charge is -2.13. The number of carbonyl (C=O) groups is 3. The van der Waals surface area contributed by atoms with Gasteiger partial charge in [-0.2, -0.15) is 5.26 Å². The molecule has 0 aliphatic heterocycles. The van der Waals surface area contributed by atoms with Gasteiger partial charge in [0.05, 0.1) is 28.6 Å². The van der Waals surface area contributed by atoms with E-state index in [4.69, 9.17) is 27.9 Å². The number of hydrogen-bond donors (Lipinski definition) is 2. The van der Waals surface area contributed by atoms with Gasteiger partial charge in [-0.25, -0.2) is 4.21 Å². The highest BCUT2D eigenvalue weighted by Gasteiger charge is 2.18. The van der Waals surface area contributed by atoms with Crippen LogP contribution in [0.1, 0.15) is 53.2 Å². The maximum atomic E-state index is 13.2. The van der Waals surface area contributed by atoms with Crippen LogP contribution in [0, 0.1) is 18.3 Å². The van der Waals surface area contributed by atoms with Gasteiger partial charge in [0.25, 0.3) is 0 Å². The first kappa shape index (κ1) is 30.8. The van der Waals surface area contributed by atoms with Crippen molar-refractivity contribution in [3.8, 4) is 11.8 Å². The normalized spacial score (nSPS) is 11.3. The first-order valence-corrected chi connectivity index (χ1v) is 14.3. The molecule has 1 amide bonds. The van der Waals surface area contributed by atoms with E-state index in [1.807, 2.05) is 13.0 Å². The highest BCUT2D eigenvalue weighted by molar-refractivity contribution is 7.83. The van der Waals surface area contributed by atoms with Crippen LogP contribution in [0.25, 0.3) is 0 Å². The van der Waals surface area contributed by atoms with Gasteiger partial charge >= 0.3 is 0 Å². The zero-order chi connectivity index (χ0) is 29.2. The van der Waals surface area contributed by atoms with Gasteiger partial charge in [0, 0.05) is 27.7 Å². The maximum Gasteiger partial charge on any atom is 0.231 e. The smallest absolute Gasteiger partial charge is 0.231 e. The Hall–Kier alpha value is -3.71. The van der Waals surface area contributed by atoms with E-state index < -0.39 is 16.8 Å². The summed E-state index contributed by atoms with van der Waals surface area (Å²) in [6.07, 6.45) is 1.91. The van der Waals surface area contributed by atoms with Gasteiger partial charge in [0.2, 0.25) is 5.91 Å². The monoisotopic (exact) mass is 599 g/mol. The second-order valence-corrected chi connectivity index (χ2v) is 11.0. The lowest BCUT2D eigenvalue weighted by Crippen LogP contribution is -2.25. The number of benzene rings is 3. The number of halogens is 2. The Labute approximate surface area is 245 Å². The topological polar surface area (TPSA) is 125 Å². The van der Waals surface area contributed by atoms with Gasteiger partial charge in [-0.3, -0.25) is 19.1 Å². The molecule has 0 aliphatic carbocycles. The number of nitrogens with zero attached hydrogens (tertiary/aromatic N) is 1. The third-order valence-electron chi connectivity index (χ3n) is 5.72. The average molecular weight is 601 g/mol. The van der Waals surface area contributed by atoms with Crippen molar-refractivity contribution >= 4 is 57.3 Å². The molecule has 0 saturated heterocycles. The summed E-state index contributed by atoms with van der Waals surface area (Å²) in [5.74, 6) is -0.865. The molecule has 0 heterocycles. The molecule has 0 aromatic heterocycles. The average Bonchev–Trinajstić information content (AvgIpc) is 2.93. The summed E-state index contributed by atoms with van der Waals surface area (Å²) >= 11 is 12.2. The van der Waals surface area contributed by atoms with Gasteiger partial charge in [-0.15, -0.1) is 0 Å². The molecule has 3 aromatic rings. The maximum absolute atomic E-state index is 13.2. The Bertz CT molecular complexity index is 1500. The van der Waals surface area contributed by atoms with Crippen molar-refractivity contribution in [2.45, 2.75) is 38.0 Å². The Morgan fingerprint density at radius 2 is 1.80 bits per heavy atom. The predicted octanol–water partition coefficient (Wildman–Crippen LogP) is 5.79. The molecule has 0 aliphatic rings. The number of nitriles is 1. The van der Waals surface area contributed by atoms with E-state index in [1.165, 1.54) is 36.4 Å². The minimum Gasteiger partial charge on any atom is -0.485 e. The number of ketones is 2. The van der Waals surface area contributed by atoms with Crippen LogP contribution in [0.5, 0.6) is 5.75 Å². The number of aryl methyl sites for hydroxylation is 1. The number of ether oxygens (including phenoxy) is 1. The molecule has 1 unspecified atom stereocenters. The number of amides is 1. The van der Waals surface area contributed by atoms with Crippen molar-refractivity contribution in [2.75, 3.05) is 18.5 Å². The number of rotatable bonds is 13. The third kappa shape index (κ3) is 8.65. The molecular weight excluding hydrogens is 573 g/mol. The first-order chi connectivity index (χ1) is 19.1. The lowest BCUT2D eigenvalue weighted by molar-refractivity contribution is -0.120. The van der Waals surface area contributed by atoms with E-state index in [9.17, 15) is 23.9 Å². The van der Waals surface area contributed by atoms with Gasteiger partial charge in [0.1, 0.15) is 12.4 Å². The van der Waals surface area contributed by atoms with Crippen molar-refractivity contribution < 1.29 is 23.3 Å². The van der Waals surface area contributed by atoms with Gasteiger partial charge in [-0.1, -0.05) is 36.5 Å². The zero-order valence-corrected chi connectivity index (χ0v) is 24.2. The molecule has 0 saturated carbocycles. The Morgan fingerprint density at radius 3 is 2.50 bits per heavy atom. The molecule has 0 bridgehead atoms. The van der Waals surface area contributed by atoms with Gasteiger partial charge in [0.15, 0.2) is 22.6 Å². The molecule has 40 heavy (non-hydrogen) atoms. The largest absolute Gasteiger partial charge is 0.485 e. The van der Waals surface area contributed by atoms with E-state index in [0.29, 0.717) is 22.0 Å². The molecule has 0 fully saturated rings. The molecule has 3 aromatic carbocycles. The lowest BCUT2D eigenvalue weighted by atomic mass is 10.0. The van der Waals surface area contributed by atoms with Crippen LogP contribution < -0.4 is 14.8 Å². The standard InChI is InChI=1S/C29H27Cl2N3O5S/c1-3-4-5-28(36)34-40(38)24-7-8-26(18(2)10-24)33-16-23(35)17-39-27-9-6-21(30)14-25(27)29(37)20-11-19(15-32)12-22(31)13-20/h6-14,33H,3-5,16-17H2,1-2H3,(H,34,36). The first-order valence-electron chi connectivity index (χ1n) is 12.4. The highest BCUT2D eigenvalue weighted by Crippen LogP contribution is 2.27. The van der Waals surface area contributed by atoms with Gasteiger partial charge < -0.3 is 10.1 Å². The van der Waals surface area contributed by atoms with E-state index in [-0.39, 0.29) is 52.3 Å². The van der Waals surface area contributed by atoms with Crippen LogP contribution in [0.3, 0.4) is 0 Å². The van der Waals surface area contributed by atoms with Crippen LogP contribution in [-0.2, 0) is 20.6 Å². The van der Waals surface area contributed by atoms with Gasteiger partial charge in [-0.05, 0) is 73.5 Å². The van der Waals surface area contributed by atoms with Crippen molar-refractivity contribution in [3.63, 3.8) is 0 Å². The summed E-state index contributed by atoms with van der Waals surface area (Å²) in [4.78, 5) is 38.1. The predicted molar refractivity (Wildman–Crippen MR) is 155 cm³/mol. The van der Waals surface area contributed by atoms with E-state index >= 15 is 0 Å². The minimum atomic E-state index is -1.67. The molecule has 2 N–H and O–H groups in total. The number of nitrogens with one attached hydrogen (secondary N) is 2. The number of hydrogen-bond acceptors (Lipinski definition) is 7. The highest BCUT2D eigenvalue weighted by atomic mass is 35.5. The molecule has 3 rings (SSSR count). The second kappa shape index (κ2) is 14.6. The van der Waals surface area contributed by atoms with Crippen LogP contribution >= 0.6 is 23.2 Å². The molecule has 8 nitrogen and oxygen atoms in total. The Morgan fingerprint density at radius 1 is 1.02 bits per heavy atom. The van der Waals surface area contributed by atoms with E-state index in [2.05, 4.69) is 10.0 Å². The van der Waals surface area contributed by atoms with Crippen LogP contribution in [0.15, 0.2) is 59.5 Å². The fraction of sp³-hybridized carbons (Fsp3) is 0.241. The molecule has 208 valence electrons. The molecule has 0 spiro atoms. The number of unbranched alkanes of at least 4 members (excludes halogenated alkanes) is 1. The molecule has 0 radical (unpaired) electrons. The van der Waals surface area contributed by atoms with E-state index in [0.717, 1.165) is 18.4 Å². The van der Waals surface area contributed by atoms with Crippen LogP contribution in [-0.4, -0.2) is 34.8 Å². The van der Waals surface area contributed by atoms with Crippen molar-refractivity contribution in [2.24, 2.45) is 0 Å². The minimum absolute atomic E-state index is 0.0618. The van der Waals surface area contributed by atoms with Crippen LogP contribution in [0.4, 0.5) is 5.69 Å². The van der Waals surface area contributed by atoms with E-state index in [1.54, 1.807) is 25.1 Å². The summed E-state index contributed by atoms with van der Waals surface area (Å²) in [6, 6.07) is 15.7. The summed E-state index contributed by atoms with van der Waals surface area (Å²) < 4.78 is 20.6. The summed E-state index contributed by atoms with van der Waals surface area (Å²) in [5.41, 5.74) is 1.94. The second-order valence-electron chi connectivity index (χ2n) is 8.87. The Kier molecular flexibility index (Phi) is 11.3. The SMILES string of the molecule is CCCCC(=O)NS(=O)c1ccc(NCC(=O)COc2ccc(Cl)cc2C(=O)c2cc(Cl)cc(C#N)c2)c(C)c1. The Balaban J connectivity index is 1.62. The third-order valence-corrected chi connectivity index (χ3v) is 7.26. The molecule has 11 heteroatoms. The molecular formula is C29H27Cl2N3O5S. The zero-order valence-electron chi connectivity index (χ0n) is 21.9. The number of anilines is 1. The van der Waals surface area contributed by atoms with Crippen molar-refractivity contribution in [1.29, 1.82) is 5.26 Å². The quantitative estimate of drug-likeness (QED) is 0.238. The van der Waals surface area contributed by atoms with Crippen molar-refractivity contribution in [1.82, 2.24) is 4.72 Å². The number of carbonyl (C=O) groups excluding carboxylic acids is 3. The van der Waals surface area contributed by atoms with Crippen molar-refractivity contribution in [3.05, 3.63) is 86.9 Å². The van der Waals surface area contributed by atoms with Crippen LogP contribution in [0.2, 0.25) is 10.0 Å². The number of Topliss-reactive ketones (excluding diaryl/α,β-unsaturated/α-hetero) is 1. The summed E-state index contributed by atoms with van der Waals surface area (Å²) in [7, 11) is -1.67. The fourth-order valence-corrected chi connectivity index (χ4v) is 4.96. The summed E-state index contributed by atoms with van der Waals surface area (Å²) in [6.45, 7) is 3.39. The molecule has 1 atom stereocenters.